The normalized spacial score (nSPS) is 15.8. The molecule has 23 heavy (non-hydrogen) atoms. The summed E-state index contributed by atoms with van der Waals surface area (Å²) < 4.78 is 5.15. The second-order valence-electron chi connectivity index (χ2n) is 6.07. The quantitative estimate of drug-likeness (QED) is 0.940. The molecule has 122 valence electrons. The predicted molar refractivity (Wildman–Crippen MR) is 89.8 cm³/mol. The van der Waals surface area contributed by atoms with Gasteiger partial charge in [0.05, 0.1) is 0 Å². The number of hydrogen-bond donors (Lipinski definition) is 1. The highest BCUT2D eigenvalue weighted by Crippen LogP contribution is 2.30. The third kappa shape index (κ3) is 3.79. The third-order valence-corrected chi connectivity index (χ3v) is 4.34. The Hall–Kier alpha value is -2.14. The van der Waals surface area contributed by atoms with Crippen molar-refractivity contribution in [3.05, 3.63) is 47.4 Å². The maximum absolute atomic E-state index is 9.41. The Bertz CT molecular complexity index is 650. The van der Waals surface area contributed by atoms with E-state index in [1.165, 1.54) is 5.56 Å². The van der Waals surface area contributed by atoms with Gasteiger partial charge in [-0.1, -0.05) is 12.1 Å². The lowest BCUT2D eigenvalue weighted by Gasteiger charge is -2.33. The molecule has 0 aliphatic carbocycles. The van der Waals surface area contributed by atoms with E-state index in [1.54, 1.807) is 19.2 Å². The van der Waals surface area contributed by atoms with Gasteiger partial charge in [0.15, 0.2) is 5.82 Å². The summed E-state index contributed by atoms with van der Waals surface area (Å²) in [5.74, 6) is 2.61. The zero-order valence-corrected chi connectivity index (χ0v) is 13.7. The van der Waals surface area contributed by atoms with Crippen molar-refractivity contribution in [1.29, 1.82) is 0 Å². The second-order valence-corrected chi connectivity index (χ2v) is 6.07. The summed E-state index contributed by atoms with van der Waals surface area (Å²) in [5, 5.41) is 9.41. The molecule has 1 fully saturated rings. The summed E-state index contributed by atoms with van der Waals surface area (Å²) in [4.78, 5) is 11.3. The first-order valence-electron chi connectivity index (χ1n) is 8.03. The molecule has 0 bridgehead atoms. The number of aromatic nitrogens is 2. The Labute approximate surface area is 137 Å². The van der Waals surface area contributed by atoms with Crippen molar-refractivity contribution in [3.8, 4) is 5.75 Å². The molecule has 5 heteroatoms. The second kappa shape index (κ2) is 6.96. The number of methoxy groups -OCH3 is 1. The van der Waals surface area contributed by atoms with Crippen LogP contribution in [0, 0.1) is 6.92 Å². The van der Waals surface area contributed by atoms with Crippen LogP contribution in [0.25, 0.3) is 0 Å². The molecule has 0 amide bonds. The van der Waals surface area contributed by atoms with Gasteiger partial charge < -0.3 is 14.7 Å². The van der Waals surface area contributed by atoms with Gasteiger partial charge in [-0.15, -0.1) is 0 Å². The van der Waals surface area contributed by atoms with Gasteiger partial charge >= 0.3 is 0 Å². The molecule has 0 saturated carbocycles. The van der Waals surface area contributed by atoms with E-state index in [9.17, 15) is 5.11 Å². The molecule has 1 saturated heterocycles. The van der Waals surface area contributed by atoms with Gasteiger partial charge in [0.1, 0.15) is 18.2 Å². The first kappa shape index (κ1) is 15.7. The molecule has 5 nitrogen and oxygen atoms in total. The van der Waals surface area contributed by atoms with Crippen LogP contribution >= 0.6 is 0 Å². The van der Waals surface area contributed by atoms with Gasteiger partial charge in [-0.2, -0.15) is 0 Å². The Morgan fingerprint density at radius 1 is 1.17 bits per heavy atom. The van der Waals surface area contributed by atoms with Crippen LogP contribution < -0.4 is 4.90 Å². The van der Waals surface area contributed by atoms with E-state index in [-0.39, 0.29) is 0 Å². The van der Waals surface area contributed by atoms with Gasteiger partial charge in [0, 0.05) is 32.0 Å². The van der Waals surface area contributed by atoms with E-state index in [1.807, 2.05) is 25.1 Å². The third-order valence-electron chi connectivity index (χ3n) is 4.34. The molecule has 1 N–H and O–H groups in total. The highest BCUT2D eigenvalue weighted by atomic mass is 16.5. The van der Waals surface area contributed by atoms with Crippen molar-refractivity contribution in [2.24, 2.45) is 0 Å². The number of piperidine rings is 1. The number of phenols is 1. The van der Waals surface area contributed by atoms with Crippen molar-refractivity contribution in [3.63, 3.8) is 0 Å². The van der Waals surface area contributed by atoms with Crippen LogP contribution in [-0.4, -0.2) is 35.3 Å². The molecular weight excluding hydrogens is 290 g/mol. The molecule has 1 aromatic heterocycles. The van der Waals surface area contributed by atoms with Gasteiger partial charge in [0.25, 0.3) is 0 Å². The van der Waals surface area contributed by atoms with Crippen molar-refractivity contribution in [2.75, 3.05) is 25.1 Å². The summed E-state index contributed by atoms with van der Waals surface area (Å²) in [7, 11) is 1.66. The van der Waals surface area contributed by atoms with Crippen LogP contribution in [0.5, 0.6) is 5.75 Å². The number of nitrogens with zero attached hydrogens (tertiary/aromatic N) is 3. The fourth-order valence-corrected chi connectivity index (χ4v) is 3.16. The maximum Gasteiger partial charge on any atom is 0.156 e. The van der Waals surface area contributed by atoms with E-state index in [2.05, 4.69) is 14.9 Å². The molecule has 0 atom stereocenters. The number of anilines is 1. The number of rotatable bonds is 4. The summed E-state index contributed by atoms with van der Waals surface area (Å²) >= 11 is 0. The topological polar surface area (TPSA) is 58.5 Å². The van der Waals surface area contributed by atoms with Gasteiger partial charge in [-0.05, 0) is 43.4 Å². The van der Waals surface area contributed by atoms with Crippen LogP contribution in [0.2, 0.25) is 0 Å². The minimum Gasteiger partial charge on any atom is -0.508 e. The number of aryl methyl sites for hydroxylation is 1. The Morgan fingerprint density at radius 2 is 1.87 bits per heavy atom. The van der Waals surface area contributed by atoms with E-state index in [0.29, 0.717) is 18.3 Å². The van der Waals surface area contributed by atoms with Crippen LogP contribution in [0.15, 0.2) is 30.3 Å². The predicted octanol–water partition coefficient (Wildman–Crippen LogP) is 3.02. The SMILES string of the molecule is COCc1nc(C)cc(N2CCC(c3ccc(O)cc3)CC2)n1. The largest absolute Gasteiger partial charge is 0.508 e. The lowest BCUT2D eigenvalue weighted by atomic mass is 9.89. The molecule has 1 aliphatic heterocycles. The molecule has 2 aromatic rings. The number of benzene rings is 1. The lowest BCUT2D eigenvalue weighted by molar-refractivity contribution is 0.177. The minimum atomic E-state index is 0.327. The van der Waals surface area contributed by atoms with Gasteiger partial charge in [-0.3, -0.25) is 0 Å². The number of ether oxygens (including phenoxy) is 1. The van der Waals surface area contributed by atoms with E-state index in [0.717, 1.165) is 43.3 Å². The fraction of sp³-hybridized carbons (Fsp3) is 0.444. The number of aromatic hydroxyl groups is 1. The smallest absolute Gasteiger partial charge is 0.156 e. The summed E-state index contributed by atoms with van der Waals surface area (Å²) in [6.07, 6.45) is 2.18. The standard InChI is InChI=1S/C18H23N3O2/c1-13-11-18(20-17(19-13)12-23-2)21-9-7-15(8-10-21)14-3-5-16(22)6-4-14/h3-6,11,15,22H,7-10,12H2,1-2H3. The van der Waals surface area contributed by atoms with Crippen molar-refractivity contribution in [1.82, 2.24) is 9.97 Å². The lowest BCUT2D eigenvalue weighted by Crippen LogP contribution is -2.33. The molecule has 0 unspecified atom stereocenters. The minimum absolute atomic E-state index is 0.327. The van der Waals surface area contributed by atoms with Crippen LogP contribution in [0.4, 0.5) is 5.82 Å². The van der Waals surface area contributed by atoms with E-state index >= 15 is 0 Å². The Morgan fingerprint density at radius 3 is 2.52 bits per heavy atom. The Kier molecular flexibility index (Phi) is 4.76. The highest BCUT2D eigenvalue weighted by Gasteiger charge is 2.22. The maximum atomic E-state index is 9.41. The average Bonchev–Trinajstić information content (AvgIpc) is 2.55. The zero-order chi connectivity index (χ0) is 16.2. The van der Waals surface area contributed by atoms with Gasteiger partial charge in [0.2, 0.25) is 0 Å². The molecule has 0 radical (unpaired) electrons. The molecule has 0 spiro atoms. The van der Waals surface area contributed by atoms with Crippen molar-refractivity contribution in [2.45, 2.75) is 32.3 Å². The summed E-state index contributed by atoms with van der Waals surface area (Å²) in [6.45, 7) is 4.40. The molecule has 3 rings (SSSR count). The van der Waals surface area contributed by atoms with Crippen molar-refractivity contribution >= 4 is 5.82 Å². The highest BCUT2D eigenvalue weighted by molar-refractivity contribution is 5.41. The van der Waals surface area contributed by atoms with E-state index < -0.39 is 0 Å². The first-order chi connectivity index (χ1) is 11.2. The van der Waals surface area contributed by atoms with Crippen LogP contribution in [0.1, 0.15) is 35.8 Å². The Balaban J connectivity index is 1.68. The van der Waals surface area contributed by atoms with Crippen LogP contribution in [-0.2, 0) is 11.3 Å². The number of phenolic OH excluding ortho intramolecular Hbond substituents is 1. The molecular formula is C18H23N3O2. The average molecular weight is 313 g/mol. The monoisotopic (exact) mass is 313 g/mol. The van der Waals surface area contributed by atoms with Crippen molar-refractivity contribution < 1.29 is 9.84 Å². The molecule has 2 heterocycles. The molecule has 1 aliphatic rings. The zero-order valence-electron chi connectivity index (χ0n) is 13.7. The first-order valence-corrected chi connectivity index (χ1v) is 8.03. The molecule has 1 aromatic carbocycles. The van der Waals surface area contributed by atoms with Crippen LogP contribution in [0.3, 0.4) is 0 Å². The van der Waals surface area contributed by atoms with Gasteiger partial charge in [-0.25, -0.2) is 9.97 Å². The summed E-state index contributed by atoms with van der Waals surface area (Å²) in [6, 6.07) is 9.64. The van der Waals surface area contributed by atoms with E-state index in [4.69, 9.17) is 4.74 Å². The number of hydrogen-bond acceptors (Lipinski definition) is 5. The summed E-state index contributed by atoms with van der Waals surface area (Å²) in [5.41, 5.74) is 2.28. The fourth-order valence-electron chi connectivity index (χ4n) is 3.16.